The maximum absolute atomic E-state index is 14.0. The molecule has 0 saturated carbocycles. The van der Waals surface area contributed by atoms with Crippen LogP contribution in [0.15, 0.2) is 89.7 Å². The molecule has 0 fully saturated rings. The van der Waals surface area contributed by atoms with Gasteiger partial charge in [0.1, 0.15) is 11.6 Å². The zero-order valence-corrected chi connectivity index (χ0v) is 20.3. The standard InChI is InChI=1S/C29H26F3N3O2/c1-20-33-25-16-17-34(18-23-14-8-9-15-26(23)37-29(30,31)32)19-24(25)28(36)35(20)27(21-10-4-2-5-11-21)22-12-6-3-7-13-22/h2-15,27H,16-19H2,1H3. The molecule has 1 aliphatic rings. The number of hydrogen-bond acceptors (Lipinski definition) is 4. The van der Waals surface area contributed by atoms with E-state index in [2.05, 4.69) is 4.74 Å². The first-order valence-electron chi connectivity index (χ1n) is 12.1. The second-order valence-corrected chi connectivity index (χ2v) is 9.10. The second-order valence-electron chi connectivity index (χ2n) is 9.10. The predicted octanol–water partition coefficient (Wildman–Crippen LogP) is 5.65. The highest BCUT2D eigenvalue weighted by Gasteiger charge is 2.33. The van der Waals surface area contributed by atoms with E-state index in [0.717, 1.165) is 16.8 Å². The molecule has 0 saturated heterocycles. The Bertz CT molecular complexity index is 1400. The van der Waals surface area contributed by atoms with Crippen LogP contribution in [0.1, 0.15) is 39.8 Å². The van der Waals surface area contributed by atoms with Crippen LogP contribution in [0, 0.1) is 6.92 Å². The molecular weight excluding hydrogens is 479 g/mol. The third kappa shape index (κ3) is 5.44. The van der Waals surface area contributed by atoms with Crippen molar-refractivity contribution in [2.24, 2.45) is 0 Å². The lowest BCUT2D eigenvalue weighted by atomic mass is 9.97. The average Bonchev–Trinajstić information content (AvgIpc) is 2.88. The summed E-state index contributed by atoms with van der Waals surface area (Å²) in [6.07, 6.45) is -4.24. The zero-order valence-electron chi connectivity index (χ0n) is 20.3. The van der Waals surface area contributed by atoms with Crippen molar-refractivity contribution in [1.29, 1.82) is 0 Å². The molecule has 0 aliphatic carbocycles. The highest BCUT2D eigenvalue weighted by Crippen LogP contribution is 2.30. The topological polar surface area (TPSA) is 47.4 Å². The molecule has 2 heterocycles. The van der Waals surface area contributed by atoms with Gasteiger partial charge in [0.2, 0.25) is 0 Å². The second kappa shape index (κ2) is 10.2. The van der Waals surface area contributed by atoms with E-state index in [4.69, 9.17) is 4.98 Å². The molecule has 0 spiro atoms. The lowest BCUT2D eigenvalue weighted by molar-refractivity contribution is -0.275. The summed E-state index contributed by atoms with van der Waals surface area (Å²) in [4.78, 5) is 20.8. The lowest BCUT2D eigenvalue weighted by Crippen LogP contribution is -2.40. The zero-order chi connectivity index (χ0) is 26.0. The number of fused-ring (bicyclic) bond motifs is 1. The van der Waals surface area contributed by atoms with Crippen molar-refractivity contribution in [3.63, 3.8) is 0 Å². The number of alkyl halides is 3. The van der Waals surface area contributed by atoms with Gasteiger partial charge in [-0.2, -0.15) is 0 Å². The summed E-state index contributed by atoms with van der Waals surface area (Å²) >= 11 is 0. The van der Waals surface area contributed by atoms with Gasteiger partial charge >= 0.3 is 6.36 Å². The van der Waals surface area contributed by atoms with Crippen LogP contribution in [0.3, 0.4) is 0 Å². The Morgan fingerprint density at radius 1 is 0.919 bits per heavy atom. The Labute approximate surface area is 212 Å². The van der Waals surface area contributed by atoms with Crippen molar-refractivity contribution in [1.82, 2.24) is 14.5 Å². The first-order valence-corrected chi connectivity index (χ1v) is 12.1. The van der Waals surface area contributed by atoms with Crippen LogP contribution in [0.4, 0.5) is 13.2 Å². The van der Waals surface area contributed by atoms with Gasteiger partial charge in [-0.05, 0) is 24.1 Å². The van der Waals surface area contributed by atoms with Gasteiger partial charge in [0, 0.05) is 31.6 Å². The van der Waals surface area contributed by atoms with Gasteiger partial charge < -0.3 is 4.74 Å². The van der Waals surface area contributed by atoms with Crippen LogP contribution in [-0.2, 0) is 19.5 Å². The smallest absolute Gasteiger partial charge is 0.405 e. The summed E-state index contributed by atoms with van der Waals surface area (Å²) in [6.45, 7) is 2.93. The van der Waals surface area contributed by atoms with Gasteiger partial charge in [-0.1, -0.05) is 78.9 Å². The van der Waals surface area contributed by atoms with Crippen molar-refractivity contribution < 1.29 is 17.9 Å². The minimum atomic E-state index is -4.77. The normalized spacial score (nSPS) is 14.0. The Hall–Kier alpha value is -3.91. The fourth-order valence-corrected chi connectivity index (χ4v) is 4.96. The molecule has 0 atom stereocenters. The SMILES string of the molecule is Cc1nc2c(c(=O)n1C(c1ccccc1)c1ccccc1)CN(Cc1ccccc1OC(F)(F)F)CC2. The van der Waals surface area contributed by atoms with Gasteiger partial charge in [-0.25, -0.2) is 4.98 Å². The third-order valence-corrected chi connectivity index (χ3v) is 6.60. The molecule has 0 amide bonds. The molecule has 4 aromatic rings. The molecule has 0 radical (unpaired) electrons. The molecular formula is C29H26F3N3O2. The maximum Gasteiger partial charge on any atom is 0.573 e. The lowest BCUT2D eigenvalue weighted by Gasteiger charge is -2.31. The van der Waals surface area contributed by atoms with Crippen molar-refractivity contribution in [3.05, 3.63) is 129 Å². The van der Waals surface area contributed by atoms with Crippen LogP contribution in [0.25, 0.3) is 0 Å². The summed E-state index contributed by atoms with van der Waals surface area (Å²) < 4.78 is 44.7. The first kappa shape index (κ1) is 24.8. The van der Waals surface area contributed by atoms with Crippen LogP contribution in [0.2, 0.25) is 0 Å². The van der Waals surface area contributed by atoms with E-state index in [-0.39, 0.29) is 30.4 Å². The minimum Gasteiger partial charge on any atom is -0.405 e. The predicted molar refractivity (Wildman–Crippen MR) is 134 cm³/mol. The number of aromatic nitrogens is 2. The quantitative estimate of drug-likeness (QED) is 0.340. The molecule has 3 aromatic carbocycles. The molecule has 5 rings (SSSR count). The van der Waals surface area contributed by atoms with Gasteiger partial charge in [-0.3, -0.25) is 14.3 Å². The van der Waals surface area contributed by atoms with E-state index in [1.165, 1.54) is 12.1 Å². The van der Waals surface area contributed by atoms with Crippen molar-refractivity contribution in [3.8, 4) is 5.75 Å². The molecule has 5 nitrogen and oxygen atoms in total. The van der Waals surface area contributed by atoms with Crippen LogP contribution in [0.5, 0.6) is 5.75 Å². The van der Waals surface area contributed by atoms with E-state index in [9.17, 15) is 18.0 Å². The summed E-state index contributed by atoms with van der Waals surface area (Å²) in [5.74, 6) is 0.396. The number of para-hydroxylation sites is 1. The van der Waals surface area contributed by atoms with Gasteiger partial charge in [0.05, 0.1) is 17.3 Å². The number of benzene rings is 3. The summed E-state index contributed by atoms with van der Waals surface area (Å²) in [6, 6.07) is 25.4. The molecule has 0 bridgehead atoms. The van der Waals surface area contributed by atoms with Gasteiger partial charge in [0.25, 0.3) is 5.56 Å². The summed E-state index contributed by atoms with van der Waals surface area (Å²) in [5, 5.41) is 0. The van der Waals surface area contributed by atoms with Crippen molar-refractivity contribution in [2.45, 2.75) is 38.8 Å². The molecule has 8 heteroatoms. The van der Waals surface area contributed by atoms with Gasteiger partial charge in [0.15, 0.2) is 0 Å². The fraction of sp³-hybridized carbons (Fsp3) is 0.241. The van der Waals surface area contributed by atoms with Crippen molar-refractivity contribution in [2.75, 3.05) is 6.54 Å². The van der Waals surface area contributed by atoms with Crippen LogP contribution in [-0.4, -0.2) is 27.4 Å². The molecule has 0 unspecified atom stereocenters. The monoisotopic (exact) mass is 505 g/mol. The van der Waals surface area contributed by atoms with E-state index < -0.39 is 6.36 Å². The highest BCUT2D eigenvalue weighted by atomic mass is 19.4. The molecule has 1 aliphatic heterocycles. The number of hydrogen-bond donors (Lipinski definition) is 0. The van der Waals surface area contributed by atoms with E-state index in [1.54, 1.807) is 16.7 Å². The number of ether oxygens (including phenoxy) is 1. The van der Waals surface area contributed by atoms with E-state index in [0.29, 0.717) is 29.9 Å². The summed E-state index contributed by atoms with van der Waals surface area (Å²) in [7, 11) is 0. The molecule has 1 aromatic heterocycles. The third-order valence-electron chi connectivity index (χ3n) is 6.60. The maximum atomic E-state index is 14.0. The first-order chi connectivity index (χ1) is 17.8. The Morgan fingerprint density at radius 3 is 2.14 bits per heavy atom. The van der Waals surface area contributed by atoms with E-state index in [1.807, 2.05) is 72.5 Å². The van der Waals surface area contributed by atoms with Crippen LogP contribution >= 0.6 is 0 Å². The number of nitrogens with zero attached hydrogens (tertiary/aromatic N) is 3. The van der Waals surface area contributed by atoms with Gasteiger partial charge in [-0.15, -0.1) is 13.2 Å². The largest absolute Gasteiger partial charge is 0.573 e. The Balaban J connectivity index is 1.51. The number of rotatable bonds is 6. The van der Waals surface area contributed by atoms with Crippen LogP contribution < -0.4 is 10.3 Å². The Kier molecular flexibility index (Phi) is 6.84. The Morgan fingerprint density at radius 2 is 1.51 bits per heavy atom. The number of aryl methyl sites for hydroxylation is 1. The average molecular weight is 506 g/mol. The summed E-state index contributed by atoms with van der Waals surface area (Å²) in [5.41, 5.74) is 3.52. The highest BCUT2D eigenvalue weighted by molar-refractivity contribution is 5.36. The molecule has 190 valence electrons. The minimum absolute atomic E-state index is 0.135. The van der Waals surface area contributed by atoms with Crippen molar-refractivity contribution >= 4 is 0 Å². The number of halogens is 3. The van der Waals surface area contributed by atoms with E-state index >= 15 is 0 Å². The fourth-order valence-electron chi connectivity index (χ4n) is 4.96. The molecule has 37 heavy (non-hydrogen) atoms. The molecule has 0 N–H and O–H groups in total.